The van der Waals surface area contributed by atoms with Gasteiger partial charge < -0.3 is 0 Å². The number of nitrogens with zero attached hydrogens (tertiary/aromatic N) is 2. The minimum absolute atomic E-state index is 0.872. The second-order valence-electron chi connectivity index (χ2n) is 7.09. The van der Waals surface area contributed by atoms with Gasteiger partial charge in [-0.1, -0.05) is 26.7 Å². The molecule has 0 radical (unpaired) electrons. The zero-order valence-electron chi connectivity index (χ0n) is 12.3. The van der Waals surface area contributed by atoms with Crippen LogP contribution in [0.15, 0.2) is 0 Å². The van der Waals surface area contributed by atoms with Crippen molar-refractivity contribution in [3.63, 3.8) is 0 Å². The van der Waals surface area contributed by atoms with E-state index in [4.69, 9.17) is 0 Å². The molecule has 3 aliphatic rings. The van der Waals surface area contributed by atoms with E-state index in [1.54, 1.807) is 0 Å². The van der Waals surface area contributed by atoms with Crippen LogP contribution in [0.5, 0.6) is 0 Å². The SMILES string of the molecule is CC(C)C1CCCCC1N1CCN2CCCC2C1. The largest absolute Gasteiger partial charge is 0.298 e. The number of hydrogen-bond donors (Lipinski definition) is 0. The van der Waals surface area contributed by atoms with E-state index in [1.165, 1.54) is 64.7 Å². The molecule has 0 aromatic heterocycles. The molecular formula is C16H30N2. The van der Waals surface area contributed by atoms with E-state index in [9.17, 15) is 0 Å². The summed E-state index contributed by atoms with van der Waals surface area (Å²) >= 11 is 0. The van der Waals surface area contributed by atoms with E-state index in [-0.39, 0.29) is 0 Å². The molecule has 3 rings (SSSR count). The van der Waals surface area contributed by atoms with E-state index in [0.717, 1.165) is 23.9 Å². The smallest absolute Gasteiger partial charge is 0.0224 e. The van der Waals surface area contributed by atoms with Crippen molar-refractivity contribution in [2.45, 2.75) is 64.5 Å². The summed E-state index contributed by atoms with van der Waals surface area (Å²) in [4.78, 5) is 5.61. The molecular weight excluding hydrogens is 220 g/mol. The van der Waals surface area contributed by atoms with E-state index in [0.29, 0.717) is 0 Å². The minimum atomic E-state index is 0.872. The zero-order chi connectivity index (χ0) is 12.5. The van der Waals surface area contributed by atoms with Crippen LogP contribution in [0.25, 0.3) is 0 Å². The molecule has 104 valence electrons. The molecule has 2 heteroatoms. The van der Waals surface area contributed by atoms with Gasteiger partial charge in [-0.15, -0.1) is 0 Å². The molecule has 3 unspecified atom stereocenters. The summed E-state index contributed by atoms with van der Waals surface area (Å²) < 4.78 is 0. The lowest BCUT2D eigenvalue weighted by molar-refractivity contribution is 0.0198. The van der Waals surface area contributed by atoms with Gasteiger partial charge in [-0.3, -0.25) is 9.80 Å². The summed E-state index contributed by atoms with van der Waals surface area (Å²) in [6.45, 7) is 10.3. The first kappa shape index (κ1) is 12.9. The highest BCUT2D eigenvalue weighted by Crippen LogP contribution is 2.35. The average molecular weight is 250 g/mol. The molecule has 2 aliphatic heterocycles. The molecule has 3 fully saturated rings. The number of piperazine rings is 1. The van der Waals surface area contributed by atoms with Crippen LogP contribution in [0.2, 0.25) is 0 Å². The first-order valence-electron chi connectivity index (χ1n) is 8.24. The van der Waals surface area contributed by atoms with Gasteiger partial charge in [0.1, 0.15) is 0 Å². The fraction of sp³-hybridized carbons (Fsp3) is 1.00. The first-order valence-corrected chi connectivity index (χ1v) is 8.24. The first-order chi connectivity index (χ1) is 8.75. The summed E-state index contributed by atoms with van der Waals surface area (Å²) in [6.07, 6.45) is 8.79. The number of rotatable bonds is 2. The lowest BCUT2D eigenvalue weighted by atomic mass is 9.76. The summed E-state index contributed by atoms with van der Waals surface area (Å²) in [6, 6.07) is 1.80. The normalized spacial score (nSPS) is 39.2. The topological polar surface area (TPSA) is 6.48 Å². The minimum Gasteiger partial charge on any atom is -0.298 e. The Labute approximate surface area is 113 Å². The van der Waals surface area contributed by atoms with Gasteiger partial charge in [-0.05, 0) is 44.1 Å². The molecule has 0 N–H and O–H groups in total. The van der Waals surface area contributed by atoms with Crippen LogP contribution in [0.1, 0.15) is 52.4 Å². The Balaban J connectivity index is 1.65. The van der Waals surface area contributed by atoms with Gasteiger partial charge in [0.15, 0.2) is 0 Å². The van der Waals surface area contributed by atoms with Crippen LogP contribution in [0.4, 0.5) is 0 Å². The molecule has 2 nitrogen and oxygen atoms in total. The van der Waals surface area contributed by atoms with Crippen molar-refractivity contribution in [3.05, 3.63) is 0 Å². The van der Waals surface area contributed by atoms with Gasteiger partial charge in [0.2, 0.25) is 0 Å². The van der Waals surface area contributed by atoms with E-state index in [1.807, 2.05) is 0 Å². The quantitative estimate of drug-likeness (QED) is 0.743. The highest BCUT2D eigenvalue weighted by atomic mass is 15.3. The second kappa shape index (κ2) is 5.50. The summed E-state index contributed by atoms with van der Waals surface area (Å²) in [5.41, 5.74) is 0. The van der Waals surface area contributed by atoms with Crippen molar-refractivity contribution in [3.8, 4) is 0 Å². The van der Waals surface area contributed by atoms with Crippen LogP contribution in [-0.4, -0.2) is 48.1 Å². The highest BCUT2D eigenvalue weighted by Gasteiger charge is 2.37. The van der Waals surface area contributed by atoms with Gasteiger partial charge in [0.25, 0.3) is 0 Å². The van der Waals surface area contributed by atoms with Crippen LogP contribution in [0, 0.1) is 11.8 Å². The maximum Gasteiger partial charge on any atom is 0.0224 e. The zero-order valence-corrected chi connectivity index (χ0v) is 12.3. The van der Waals surface area contributed by atoms with Crippen molar-refractivity contribution in [2.24, 2.45) is 11.8 Å². The monoisotopic (exact) mass is 250 g/mol. The van der Waals surface area contributed by atoms with Crippen molar-refractivity contribution in [1.82, 2.24) is 9.80 Å². The summed E-state index contributed by atoms with van der Waals surface area (Å²) in [5, 5.41) is 0. The average Bonchev–Trinajstić information content (AvgIpc) is 2.85. The van der Waals surface area contributed by atoms with Gasteiger partial charge in [-0.2, -0.15) is 0 Å². The van der Waals surface area contributed by atoms with Crippen LogP contribution < -0.4 is 0 Å². The number of hydrogen-bond acceptors (Lipinski definition) is 2. The Bertz CT molecular complexity index is 276. The Kier molecular flexibility index (Phi) is 3.95. The van der Waals surface area contributed by atoms with Crippen LogP contribution in [-0.2, 0) is 0 Å². The van der Waals surface area contributed by atoms with E-state index < -0.39 is 0 Å². The van der Waals surface area contributed by atoms with Gasteiger partial charge >= 0.3 is 0 Å². The molecule has 2 saturated heterocycles. The third kappa shape index (κ3) is 2.46. The molecule has 3 atom stereocenters. The van der Waals surface area contributed by atoms with Gasteiger partial charge in [-0.25, -0.2) is 0 Å². The lowest BCUT2D eigenvalue weighted by Crippen LogP contribution is -2.56. The molecule has 0 amide bonds. The molecule has 0 aromatic rings. The van der Waals surface area contributed by atoms with Gasteiger partial charge in [0.05, 0.1) is 0 Å². The predicted octanol–water partition coefficient (Wildman–Crippen LogP) is 2.98. The van der Waals surface area contributed by atoms with Crippen LogP contribution >= 0.6 is 0 Å². The van der Waals surface area contributed by atoms with Crippen molar-refractivity contribution < 1.29 is 0 Å². The molecule has 2 heterocycles. The van der Waals surface area contributed by atoms with Crippen LogP contribution in [0.3, 0.4) is 0 Å². The number of fused-ring (bicyclic) bond motifs is 1. The van der Waals surface area contributed by atoms with Crippen molar-refractivity contribution >= 4 is 0 Å². The lowest BCUT2D eigenvalue weighted by Gasteiger charge is -2.47. The standard InChI is InChI=1S/C16H30N2/c1-13(2)15-7-3-4-8-16(15)18-11-10-17-9-5-6-14(17)12-18/h13-16H,3-12H2,1-2H3. The highest BCUT2D eigenvalue weighted by molar-refractivity contribution is 4.92. The van der Waals surface area contributed by atoms with E-state index in [2.05, 4.69) is 23.6 Å². The molecule has 0 bridgehead atoms. The Morgan fingerprint density at radius 1 is 0.833 bits per heavy atom. The van der Waals surface area contributed by atoms with Crippen molar-refractivity contribution in [2.75, 3.05) is 26.2 Å². The summed E-state index contributed by atoms with van der Waals surface area (Å²) in [5.74, 6) is 1.84. The Morgan fingerprint density at radius 2 is 1.61 bits per heavy atom. The molecule has 0 spiro atoms. The Hall–Kier alpha value is -0.0800. The summed E-state index contributed by atoms with van der Waals surface area (Å²) in [7, 11) is 0. The molecule has 0 aromatic carbocycles. The predicted molar refractivity (Wildman–Crippen MR) is 76.8 cm³/mol. The van der Waals surface area contributed by atoms with E-state index >= 15 is 0 Å². The van der Waals surface area contributed by atoms with Gasteiger partial charge in [0, 0.05) is 31.7 Å². The van der Waals surface area contributed by atoms with Crippen molar-refractivity contribution in [1.29, 1.82) is 0 Å². The molecule has 18 heavy (non-hydrogen) atoms. The fourth-order valence-electron chi connectivity index (χ4n) is 4.69. The Morgan fingerprint density at radius 3 is 2.44 bits per heavy atom. The molecule has 1 saturated carbocycles. The maximum absolute atomic E-state index is 2.87. The third-order valence-corrected chi connectivity index (χ3v) is 5.73. The second-order valence-corrected chi connectivity index (χ2v) is 7.09. The molecule has 1 aliphatic carbocycles. The maximum atomic E-state index is 2.87. The third-order valence-electron chi connectivity index (χ3n) is 5.73. The fourth-order valence-corrected chi connectivity index (χ4v) is 4.69.